The number of benzene rings is 2. The highest BCUT2D eigenvalue weighted by Crippen LogP contribution is 2.49. The molecule has 0 spiro atoms. The zero-order valence-electron chi connectivity index (χ0n) is 14.4. The third-order valence-corrected chi connectivity index (χ3v) is 5.00. The molecule has 1 aliphatic carbocycles. The maximum absolute atomic E-state index is 2.42. The summed E-state index contributed by atoms with van der Waals surface area (Å²) in [6.45, 7) is 11.7. The minimum atomic E-state index is 0.266. The van der Waals surface area contributed by atoms with E-state index >= 15 is 0 Å². The van der Waals surface area contributed by atoms with Crippen LogP contribution in [0.25, 0.3) is 11.6 Å². The van der Waals surface area contributed by atoms with E-state index in [1.165, 1.54) is 34.2 Å². The zero-order valence-corrected chi connectivity index (χ0v) is 14.4. The van der Waals surface area contributed by atoms with E-state index in [2.05, 4.69) is 89.2 Å². The van der Waals surface area contributed by atoms with Crippen LogP contribution in [-0.4, -0.2) is 0 Å². The molecule has 0 saturated carbocycles. The molecular formula is C22H26. The highest BCUT2D eigenvalue weighted by atomic mass is 14.5. The minimum absolute atomic E-state index is 0.266. The van der Waals surface area contributed by atoms with Crippen LogP contribution in [0.3, 0.4) is 0 Å². The van der Waals surface area contributed by atoms with Crippen molar-refractivity contribution < 1.29 is 0 Å². The van der Waals surface area contributed by atoms with Crippen molar-refractivity contribution >= 4 is 11.6 Å². The second-order valence-corrected chi connectivity index (χ2v) is 7.94. The molecule has 0 nitrogen and oxygen atoms in total. The van der Waals surface area contributed by atoms with Crippen molar-refractivity contribution in [2.75, 3.05) is 0 Å². The van der Waals surface area contributed by atoms with Gasteiger partial charge in [0.25, 0.3) is 0 Å². The van der Waals surface area contributed by atoms with Gasteiger partial charge in [0.2, 0.25) is 0 Å². The molecule has 0 heteroatoms. The Morgan fingerprint density at radius 3 is 2.18 bits per heavy atom. The van der Waals surface area contributed by atoms with Gasteiger partial charge in [0.1, 0.15) is 0 Å². The molecule has 0 aromatic heterocycles. The SMILES string of the molecule is CC(=Cc1ccccc1)c1ccc2c(c1)C(C)(C)CC2(C)C. The van der Waals surface area contributed by atoms with Crippen LogP contribution in [0.1, 0.15) is 63.3 Å². The lowest BCUT2D eigenvalue weighted by molar-refractivity contribution is 0.403. The Morgan fingerprint density at radius 2 is 1.50 bits per heavy atom. The van der Waals surface area contributed by atoms with Gasteiger partial charge in [-0.1, -0.05) is 82.3 Å². The van der Waals surface area contributed by atoms with Gasteiger partial charge in [0, 0.05) is 0 Å². The van der Waals surface area contributed by atoms with E-state index in [0.29, 0.717) is 0 Å². The van der Waals surface area contributed by atoms with E-state index in [1.54, 1.807) is 0 Å². The molecule has 0 unspecified atom stereocenters. The Labute approximate surface area is 134 Å². The molecule has 0 fully saturated rings. The molecule has 2 aromatic carbocycles. The highest BCUT2D eigenvalue weighted by molar-refractivity contribution is 5.80. The monoisotopic (exact) mass is 290 g/mol. The zero-order chi connectivity index (χ0) is 16.0. The standard InChI is InChI=1S/C22H26/c1-16(13-17-9-7-6-8-10-17)18-11-12-19-20(14-18)22(4,5)15-21(19,2)3/h6-14H,15H2,1-5H3. The van der Waals surface area contributed by atoms with Crippen LogP contribution in [0.5, 0.6) is 0 Å². The quantitative estimate of drug-likeness (QED) is 0.577. The van der Waals surface area contributed by atoms with Gasteiger partial charge >= 0.3 is 0 Å². The molecule has 0 atom stereocenters. The molecular weight excluding hydrogens is 264 g/mol. The lowest BCUT2D eigenvalue weighted by atomic mass is 9.82. The van der Waals surface area contributed by atoms with Crippen molar-refractivity contribution in [1.82, 2.24) is 0 Å². The van der Waals surface area contributed by atoms with E-state index in [9.17, 15) is 0 Å². The smallest absolute Gasteiger partial charge is 0.00921 e. The van der Waals surface area contributed by atoms with Crippen LogP contribution >= 0.6 is 0 Å². The van der Waals surface area contributed by atoms with Crippen molar-refractivity contribution in [2.24, 2.45) is 0 Å². The van der Waals surface area contributed by atoms with Gasteiger partial charge in [0.15, 0.2) is 0 Å². The van der Waals surface area contributed by atoms with E-state index in [4.69, 9.17) is 0 Å². The number of rotatable bonds is 2. The molecule has 114 valence electrons. The normalized spacial score (nSPS) is 19.0. The maximum atomic E-state index is 2.42. The first-order chi connectivity index (χ1) is 10.3. The minimum Gasteiger partial charge on any atom is -0.0622 e. The average molecular weight is 290 g/mol. The van der Waals surface area contributed by atoms with Crippen LogP contribution in [0, 0.1) is 0 Å². The Hall–Kier alpha value is -1.82. The Bertz CT molecular complexity index is 715. The van der Waals surface area contributed by atoms with Crippen LogP contribution in [0.4, 0.5) is 0 Å². The summed E-state index contributed by atoms with van der Waals surface area (Å²) in [4.78, 5) is 0. The molecule has 0 bridgehead atoms. The summed E-state index contributed by atoms with van der Waals surface area (Å²) in [6, 6.07) is 17.6. The number of hydrogen-bond donors (Lipinski definition) is 0. The van der Waals surface area contributed by atoms with Gasteiger partial charge in [-0.05, 0) is 52.0 Å². The van der Waals surface area contributed by atoms with Crippen molar-refractivity contribution in [3.05, 3.63) is 70.8 Å². The third kappa shape index (κ3) is 2.63. The predicted molar refractivity (Wildman–Crippen MR) is 97.1 cm³/mol. The number of fused-ring (bicyclic) bond motifs is 1. The van der Waals surface area contributed by atoms with Crippen molar-refractivity contribution in [1.29, 1.82) is 0 Å². The summed E-state index contributed by atoms with van der Waals surface area (Å²) in [5.41, 5.74) is 7.53. The van der Waals surface area contributed by atoms with Crippen LogP contribution < -0.4 is 0 Å². The van der Waals surface area contributed by atoms with Gasteiger partial charge in [-0.3, -0.25) is 0 Å². The first-order valence-corrected chi connectivity index (χ1v) is 8.18. The van der Waals surface area contributed by atoms with Crippen LogP contribution in [-0.2, 0) is 10.8 Å². The molecule has 22 heavy (non-hydrogen) atoms. The van der Waals surface area contributed by atoms with Gasteiger partial charge < -0.3 is 0 Å². The average Bonchev–Trinajstić information content (AvgIpc) is 2.65. The number of allylic oxidation sites excluding steroid dienone is 1. The maximum Gasteiger partial charge on any atom is -0.00921 e. The lowest BCUT2D eigenvalue weighted by Gasteiger charge is -2.22. The summed E-state index contributed by atoms with van der Waals surface area (Å²) in [5, 5.41) is 0. The molecule has 3 rings (SSSR count). The summed E-state index contributed by atoms with van der Waals surface area (Å²) < 4.78 is 0. The van der Waals surface area contributed by atoms with Crippen molar-refractivity contribution in [3.8, 4) is 0 Å². The van der Waals surface area contributed by atoms with Gasteiger partial charge in [0.05, 0.1) is 0 Å². The summed E-state index contributed by atoms with van der Waals surface area (Å²) in [6.07, 6.45) is 3.50. The van der Waals surface area contributed by atoms with Crippen molar-refractivity contribution in [3.63, 3.8) is 0 Å². The lowest BCUT2D eigenvalue weighted by Crippen LogP contribution is -2.17. The topological polar surface area (TPSA) is 0 Å². The fraction of sp³-hybridized carbons (Fsp3) is 0.364. The molecule has 0 aliphatic heterocycles. The van der Waals surface area contributed by atoms with Gasteiger partial charge in [-0.25, -0.2) is 0 Å². The first kappa shape index (κ1) is 15.1. The third-order valence-electron chi connectivity index (χ3n) is 5.00. The predicted octanol–water partition coefficient (Wildman–Crippen LogP) is 6.21. The summed E-state index contributed by atoms with van der Waals surface area (Å²) in [7, 11) is 0. The Morgan fingerprint density at radius 1 is 0.864 bits per heavy atom. The fourth-order valence-electron chi connectivity index (χ4n) is 4.12. The Kier molecular flexibility index (Phi) is 3.51. The second-order valence-electron chi connectivity index (χ2n) is 7.94. The van der Waals surface area contributed by atoms with E-state index in [0.717, 1.165) is 0 Å². The Balaban J connectivity index is 2.03. The molecule has 0 radical (unpaired) electrons. The fourth-order valence-corrected chi connectivity index (χ4v) is 4.12. The largest absolute Gasteiger partial charge is 0.0622 e. The molecule has 1 aliphatic rings. The summed E-state index contributed by atoms with van der Waals surface area (Å²) >= 11 is 0. The van der Waals surface area contributed by atoms with E-state index < -0.39 is 0 Å². The second kappa shape index (κ2) is 5.12. The highest BCUT2D eigenvalue weighted by Gasteiger charge is 2.41. The number of hydrogen-bond acceptors (Lipinski definition) is 0. The molecule has 0 amide bonds. The van der Waals surface area contributed by atoms with E-state index in [-0.39, 0.29) is 10.8 Å². The van der Waals surface area contributed by atoms with Crippen LogP contribution in [0.15, 0.2) is 48.5 Å². The first-order valence-electron chi connectivity index (χ1n) is 8.18. The van der Waals surface area contributed by atoms with Gasteiger partial charge in [-0.15, -0.1) is 0 Å². The molecule has 0 saturated heterocycles. The van der Waals surface area contributed by atoms with Crippen molar-refractivity contribution in [2.45, 2.75) is 51.9 Å². The van der Waals surface area contributed by atoms with E-state index in [1.807, 2.05) is 0 Å². The van der Waals surface area contributed by atoms with Gasteiger partial charge in [-0.2, -0.15) is 0 Å². The summed E-state index contributed by atoms with van der Waals surface area (Å²) in [5.74, 6) is 0. The van der Waals surface area contributed by atoms with Crippen LogP contribution in [0.2, 0.25) is 0 Å². The molecule has 0 N–H and O–H groups in total. The molecule has 0 heterocycles. The molecule has 2 aromatic rings.